The second-order valence-electron chi connectivity index (χ2n) is 6.90. The van der Waals surface area contributed by atoms with Crippen molar-refractivity contribution in [1.29, 1.82) is 0 Å². The molecular weight excluding hydrogens is 364 g/mol. The number of nitrogens with zero attached hydrogens (tertiary/aromatic N) is 4. The lowest BCUT2D eigenvalue weighted by molar-refractivity contribution is 0.246. The molecular formula is C19H27BrN4. The Morgan fingerprint density at radius 1 is 1.25 bits per heavy atom. The Labute approximate surface area is 153 Å². The van der Waals surface area contributed by atoms with Crippen LogP contribution in [0.15, 0.2) is 29.0 Å². The Kier molecular flexibility index (Phi) is 6.06. The second-order valence-corrected chi connectivity index (χ2v) is 7.82. The molecule has 0 atom stereocenters. The van der Waals surface area contributed by atoms with E-state index in [4.69, 9.17) is 0 Å². The molecule has 2 aromatic rings. The van der Waals surface area contributed by atoms with Gasteiger partial charge in [0.2, 0.25) is 0 Å². The highest BCUT2D eigenvalue weighted by atomic mass is 79.9. The summed E-state index contributed by atoms with van der Waals surface area (Å²) >= 11 is 3.57. The molecule has 1 aromatic heterocycles. The molecule has 24 heavy (non-hydrogen) atoms. The molecule has 1 aliphatic heterocycles. The van der Waals surface area contributed by atoms with E-state index < -0.39 is 0 Å². The zero-order valence-corrected chi connectivity index (χ0v) is 16.3. The number of anilines is 1. The monoisotopic (exact) mass is 390 g/mol. The Bertz CT molecular complexity index is 667. The molecule has 0 amide bonds. The molecule has 2 heterocycles. The maximum atomic E-state index is 4.58. The summed E-state index contributed by atoms with van der Waals surface area (Å²) < 4.78 is 1.08. The van der Waals surface area contributed by atoms with Gasteiger partial charge in [-0.3, -0.25) is 0 Å². The first-order valence-corrected chi connectivity index (χ1v) is 9.80. The number of halogens is 1. The van der Waals surface area contributed by atoms with E-state index in [2.05, 4.69) is 61.8 Å². The summed E-state index contributed by atoms with van der Waals surface area (Å²) in [5, 5.41) is 1.14. The molecule has 0 radical (unpaired) electrons. The first-order valence-electron chi connectivity index (χ1n) is 9.01. The first-order chi connectivity index (χ1) is 11.7. The molecule has 0 spiro atoms. The van der Waals surface area contributed by atoms with Crippen LogP contribution >= 0.6 is 15.9 Å². The lowest BCUT2D eigenvalue weighted by Crippen LogP contribution is -2.38. The summed E-state index contributed by atoms with van der Waals surface area (Å²) in [5.74, 6) is 1.89. The van der Waals surface area contributed by atoms with Crippen molar-refractivity contribution in [1.82, 2.24) is 14.9 Å². The molecule has 130 valence electrons. The van der Waals surface area contributed by atoms with Crippen LogP contribution in [0.4, 0.5) is 5.82 Å². The number of hydrogen-bond acceptors (Lipinski definition) is 4. The predicted octanol–water partition coefficient (Wildman–Crippen LogP) is 4.34. The summed E-state index contributed by atoms with van der Waals surface area (Å²) in [4.78, 5) is 13.9. The van der Waals surface area contributed by atoms with E-state index in [1.54, 1.807) is 6.33 Å². The highest BCUT2D eigenvalue weighted by Crippen LogP contribution is 2.29. The van der Waals surface area contributed by atoms with Crippen molar-refractivity contribution in [2.75, 3.05) is 38.1 Å². The Morgan fingerprint density at radius 3 is 2.79 bits per heavy atom. The third kappa shape index (κ3) is 4.25. The summed E-state index contributed by atoms with van der Waals surface area (Å²) in [7, 11) is 2.26. The van der Waals surface area contributed by atoms with Gasteiger partial charge in [-0.15, -0.1) is 0 Å². The number of piperidine rings is 1. The van der Waals surface area contributed by atoms with Gasteiger partial charge in [0.05, 0.1) is 5.52 Å². The van der Waals surface area contributed by atoms with Crippen molar-refractivity contribution in [2.45, 2.75) is 32.6 Å². The molecule has 0 bridgehead atoms. The van der Waals surface area contributed by atoms with Crippen LogP contribution in [0.2, 0.25) is 0 Å². The van der Waals surface area contributed by atoms with Gasteiger partial charge >= 0.3 is 0 Å². The Balaban J connectivity index is 1.64. The van der Waals surface area contributed by atoms with Crippen molar-refractivity contribution in [3.63, 3.8) is 0 Å². The van der Waals surface area contributed by atoms with Gasteiger partial charge in [0.25, 0.3) is 0 Å². The normalized spacial score (nSPS) is 16.2. The standard InChI is InChI=1S/C19H27BrN4/c1-3-4-9-23(2)13-15-7-10-24(11-8-15)19-17-12-16(20)5-6-18(17)21-14-22-19/h5-6,12,14-15H,3-4,7-11,13H2,1-2H3. The lowest BCUT2D eigenvalue weighted by Gasteiger charge is -2.35. The fourth-order valence-corrected chi connectivity index (χ4v) is 3.92. The minimum Gasteiger partial charge on any atom is -0.356 e. The molecule has 3 rings (SSSR count). The smallest absolute Gasteiger partial charge is 0.139 e. The van der Waals surface area contributed by atoms with E-state index in [1.807, 2.05) is 6.07 Å². The van der Waals surface area contributed by atoms with Gasteiger partial charge in [0, 0.05) is 29.5 Å². The van der Waals surface area contributed by atoms with Gasteiger partial charge in [-0.25, -0.2) is 9.97 Å². The maximum Gasteiger partial charge on any atom is 0.139 e. The van der Waals surface area contributed by atoms with Crippen LogP contribution in [-0.2, 0) is 0 Å². The highest BCUT2D eigenvalue weighted by molar-refractivity contribution is 9.10. The van der Waals surface area contributed by atoms with E-state index in [-0.39, 0.29) is 0 Å². The molecule has 0 unspecified atom stereocenters. The van der Waals surface area contributed by atoms with E-state index in [9.17, 15) is 0 Å². The van der Waals surface area contributed by atoms with Gasteiger partial charge in [-0.2, -0.15) is 0 Å². The van der Waals surface area contributed by atoms with E-state index in [1.165, 1.54) is 38.8 Å². The number of fused-ring (bicyclic) bond motifs is 1. The van der Waals surface area contributed by atoms with Crippen LogP contribution in [0.25, 0.3) is 10.9 Å². The Morgan fingerprint density at radius 2 is 2.04 bits per heavy atom. The minimum atomic E-state index is 0.808. The van der Waals surface area contributed by atoms with Gasteiger partial charge in [0.1, 0.15) is 12.1 Å². The van der Waals surface area contributed by atoms with Gasteiger partial charge in [-0.05, 0) is 57.0 Å². The minimum absolute atomic E-state index is 0.808. The lowest BCUT2D eigenvalue weighted by atomic mass is 9.96. The van der Waals surface area contributed by atoms with Gasteiger partial charge in [0.15, 0.2) is 0 Å². The van der Waals surface area contributed by atoms with Crippen molar-refractivity contribution >= 4 is 32.7 Å². The quantitative estimate of drug-likeness (QED) is 0.733. The number of unbranched alkanes of at least 4 members (excludes halogenated alkanes) is 1. The summed E-state index contributed by atoms with van der Waals surface area (Å²) in [6.07, 6.45) is 6.76. The third-order valence-corrected chi connectivity index (χ3v) is 5.45. The first kappa shape index (κ1) is 17.6. The molecule has 1 fully saturated rings. The molecule has 1 aromatic carbocycles. The van der Waals surface area contributed by atoms with E-state index in [0.29, 0.717) is 0 Å². The fourth-order valence-electron chi connectivity index (χ4n) is 3.55. The number of benzene rings is 1. The topological polar surface area (TPSA) is 32.3 Å². The second kappa shape index (κ2) is 8.26. The van der Waals surface area contributed by atoms with Crippen LogP contribution < -0.4 is 4.90 Å². The summed E-state index contributed by atoms with van der Waals surface area (Å²) in [6.45, 7) is 6.89. The van der Waals surface area contributed by atoms with Crippen molar-refractivity contribution in [3.8, 4) is 0 Å². The SMILES string of the molecule is CCCCN(C)CC1CCN(c2ncnc3ccc(Br)cc23)CC1. The average Bonchev–Trinajstić information content (AvgIpc) is 2.60. The van der Waals surface area contributed by atoms with Crippen molar-refractivity contribution < 1.29 is 0 Å². The van der Waals surface area contributed by atoms with Crippen LogP contribution in [0, 0.1) is 5.92 Å². The predicted molar refractivity (Wildman–Crippen MR) is 105 cm³/mol. The van der Waals surface area contributed by atoms with Crippen LogP contribution in [0.1, 0.15) is 32.6 Å². The van der Waals surface area contributed by atoms with E-state index >= 15 is 0 Å². The molecule has 0 saturated carbocycles. The van der Waals surface area contributed by atoms with E-state index in [0.717, 1.165) is 40.2 Å². The van der Waals surface area contributed by atoms with Crippen LogP contribution in [-0.4, -0.2) is 48.1 Å². The largest absolute Gasteiger partial charge is 0.356 e. The third-order valence-electron chi connectivity index (χ3n) is 4.95. The number of rotatable bonds is 6. The molecule has 0 N–H and O–H groups in total. The van der Waals surface area contributed by atoms with Crippen molar-refractivity contribution in [2.24, 2.45) is 5.92 Å². The molecule has 0 aliphatic carbocycles. The fraction of sp³-hybridized carbons (Fsp3) is 0.579. The zero-order chi connectivity index (χ0) is 16.9. The number of aromatic nitrogens is 2. The van der Waals surface area contributed by atoms with Gasteiger partial charge < -0.3 is 9.80 Å². The van der Waals surface area contributed by atoms with Gasteiger partial charge in [-0.1, -0.05) is 29.3 Å². The van der Waals surface area contributed by atoms with Crippen molar-refractivity contribution in [3.05, 3.63) is 29.0 Å². The number of hydrogen-bond donors (Lipinski definition) is 0. The molecule has 1 aliphatic rings. The maximum absolute atomic E-state index is 4.58. The zero-order valence-electron chi connectivity index (χ0n) is 14.7. The molecule has 4 nitrogen and oxygen atoms in total. The van der Waals surface area contributed by atoms with Crippen LogP contribution in [0.5, 0.6) is 0 Å². The average molecular weight is 391 g/mol. The van der Waals surface area contributed by atoms with Crippen LogP contribution in [0.3, 0.4) is 0 Å². The molecule has 5 heteroatoms. The Hall–Kier alpha value is -1.20. The summed E-state index contributed by atoms with van der Waals surface area (Å²) in [6, 6.07) is 6.23. The highest BCUT2D eigenvalue weighted by Gasteiger charge is 2.22. The summed E-state index contributed by atoms with van der Waals surface area (Å²) in [5.41, 5.74) is 1.02. The molecule has 1 saturated heterocycles.